The fourth-order valence-electron chi connectivity index (χ4n) is 7.36. The molecule has 0 radical (unpaired) electrons. The van der Waals surface area contributed by atoms with Crippen LogP contribution in [0.4, 0.5) is 0 Å². The second-order valence-electron chi connectivity index (χ2n) is 16.0. The fraction of sp³-hybridized carbons (Fsp3) is 0.619. The number of hydrogen-bond donors (Lipinski definition) is 4. The van der Waals surface area contributed by atoms with Crippen LogP contribution < -0.4 is 0 Å². The van der Waals surface area contributed by atoms with Gasteiger partial charge in [-0.05, 0) is 56.4 Å². The molecule has 0 bridgehead atoms. The molecule has 2 aliphatic carbocycles. The minimum atomic E-state index is -3.74. The van der Waals surface area contributed by atoms with Crippen molar-refractivity contribution in [1.82, 2.24) is 4.90 Å². The van der Waals surface area contributed by atoms with E-state index in [4.69, 9.17) is 0 Å². The number of carbonyl (C=O) groups excluding carboxylic acids is 2. The molecular formula is C42H63NO8S. The van der Waals surface area contributed by atoms with Crippen LogP contribution in [0, 0.1) is 41.4 Å². The summed E-state index contributed by atoms with van der Waals surface area (Å²) in [4.78, 5) is 28.9. The van der Waals surface area contributed by atoms with Crippen LogP contribution in [0.25, 0.3) is 0 Å². The molecule has 0 unspecified atom stereocenters. The molecule has 10 atom stereocenters. The van der Waals surface area contributed by atoms with Crippen molar-refractivity contribution < 1.29 is 38.4 Å². The van der Waals surface area contributed by atoms with Gasteiger partial charge in [-0.1, -0.05) is 113 Å². The Balaban J connectivity index is 1.86. The van der Waals surface area contributed by atoms with E-state index in [1.807, 2.05) is 31.2 Å². The first-order valence-corrected chi connectivity index (χ1v) is 20.6. The highest BCUT2D eigenvalue weighted by molar-refractivity contribution is 7.91. The van der Waals surface area contributed by atoms with E-state index in [-0.39, 0.29) is 36.3 Å². The van der Waals surface area contributed by atoms with E-state index in [2.05, 4.69) is 58.9 Å². The third-order valence-corrected chi connectivity index (χ3v) is 12.1. The van der Waals surface area contributed by atoms with Gasteiger partial charge in [0.05, 0.1) is 29.6 Å². The first kappa shape index (κ1) is 43.7. The maximum atomic E-state index is 13.7. The van der Waals surface area contributed by atoms with Crippen molar-refractivity contribution in [2.24, 2.45) is 41.4 Å². The molecule has 1 saturated carbocycles. The molecule has 3 rings (SSSR count). The summed E-state index contributed by atoms with van der Waals surface area (Å²) in [6.07, 6.45) is 17.3. The van der Waals surface area contributed by atoms with Crippen molar-refractivity contribution in [2.75, 3.05) is 24.6 Å². The first-order chi connectivity index (χ1) is 24.3. The number of hydrogen-bond acceptors (Lipinski definition) is 9. The molecule has 4 N–H and O–H groups in total. The maximum absolute atomic E-state index is 13.7. The zero-order valence-corrected chi connectivity index (χ0v) is 33.1. The quantitative estimate of drug-likeness (QED) is 0.143. The van der Waals surface area contributed by atoms with Gasteiger partial charge in [0.25, 0.3) is 0 Å². The summed E-state index contributed by atoms with van der Waals surface area (Å²) in [6, 6.07) is -1.02. The maximum Gasteiger partial charge on any atom is 0.189 e. The summed E-state index contributed by atoms with van der Waals surface area (Å²) in [7, 11) is -3.74. The van der Waals surface area contributed by atoms with Crippen molar-refractivity contribution in [1.29, 1.82) is 0 Å². The monoisotopic (exact) mass is 741 g/mol. The van der Waals surface area contributed by atoms with Gasteiger partial charge in [0.2, 0.25) is 0 Å². The molecule has 0 amide bonds. The van der Waals surface area contributed by atoms with Crippen molar-refractivity contribution >= 4 is 21.4 Å². The SMILES string of the molecule is C/C(=C\C=C\[C@H](C)/C=C/CC(C)C)[C@H]1[C@@H](O)[C@@H]2[C@H](CS(=O)(=O)CCN2CC2=C[C@H](O)[C@H](/C(C)=C/C=C/[C@H](C)/C=C/CC(C)C)[C@@H](O)C2=O)C(=O)[C@@H]1O. The number of aliphatic hydroxyl groups excluding tert-OH is 4. The summed E-state index contributed by atoms with van der Waals surface area (Å²) >= 11 is 0. The lowest BCUT2D eigenvalue weighted by molar-refractivity contribution is -0.150. The third-order valence-electron chi connectivity index (χ3n) is 10.4. The number of aliphatic hydroxyl groups is 4. The summed E-state index contributed by atoms with van der Waals surface area (Å²) in [5, 5.41) is 45.3. The first-order valence-electron chi connectivity index (χ1n) is 18.8. The van der Waals surface area contributed by atoms with E-state index in [1.54, 1.807) is 30.9 Å². The lowest BCUT2D eigenvalue weighted by atomic mass is 9.70. The Bertz CT molecular complexity index is 1560. The van der Waals surface area contributed by atoms with Gasteiger partial charge in [-0.25, -0.2) is 8.42 Å². The lowest BCUT2D eigenvalue weighted by Crippen LogP contribution is -2.63. The second kappa shape index (κ2) is 19.6. The van der Waals surface area contributed by atoms with Crippen molar-refractivity contribution in [2.45, 2.75) is 98.7 Å². The number of ketones is 2. The molecular weight excluding hydrogens is 679 g/mol. The zero-order chi connectivity index (χ0) is 38.9. The lowest BCUT2D eigenvalue weighted by Gasteiger charge is -2.46. The van der Waals surface area contributed by atoms with Gasteiger partial charge >= 0.3 is 0 Å². The number of fused-ring (bicyclic) bond motifs is 1. The van der Waals surface area contributed by atoms with Crippen molar-refractivity contribution in [3.63, 3.8) is 0 Å². The predicted molar refractivity (Wildman–Crippen MR) is 208 cm³/mol. The molecule has 0 aromatic rings. The average molecular weight is 742 g/mol. The Morgan fingerprint density at radius 2 is 1.33 bits per heavy atom. The topological polar surface area (TPSA) is 152 Å². The Kier molecular flexibility index (Phi) is 16.4. The van der Waals surface area contributed by atoms with Crippen molar-refractivity contribution in [3.8, 4) is 0 Å². The molecule has 1 aliphatic heterocycles. The number of allylic oxidation sites excluding steroid dienone is 10. The van der Waals surface area contributed by atoms with Crippen LogP contribution in [0.5, 0.6) is 0 Å². The van der Waals surface area contributed by atoms with Crippen LogP contribution in [-0.2, 0) is 19.4 Å². The van der Waals surface area contributed by atoms with Crippen LogP contribution >= 0.6 is 0 Å². The summed E-state index contributed by atoms with van der Waals surface area (Å²) in [5.41, 5.74) is 1.27. The molecule has 0 aromatic heterocycles. The molecule has 9 nitrogen and oxygen atoms in total. The summed E-state index contributed by atoms with van der Waals surface area (Å²) in [5.74, 6) is -3.75. The molecule has 2 fully saturated rings. The van der Waals surface area contributed by atoms with Crippen molar-refractivity contribution in [3.05, 3.63) is 83.6 Å². The van der Waals surface area contributed by atoms with Gasteiger partial charge < -0.3 is 20.4 Å². The van der Waals surface area contributed by atoms with Crippen LogP contribution in [-0.4, -0.2) is 100 Å². The molecule has 1 saturated heterocycles. The third kappa shape index (κ3) is 11.9. The average Bonchev–Trinajstić information content (AvgIpc) is 3.17. The normalized spacial score (nSPS) is 32.4. The Hall–Kier alpha value is -2.73. The van der Waals surface area contributed by atoms with Gasteiger partial charge in [0.15, 0.2) is 21.4 Å². The molecule has 290 valence electrons. The van der Waals surface area contributed by atoms with E-state index < -0.39 is 75.4 Å². The number of sulfone groups is 1. The van der Waals surface area contributed by atoms with Crippen LogP contribution in [0.15, 0.2) is 83.6 Å². The van der Waals surface area contributed by atoms with Gasteiger partial charge in [0, 0.05) is 36.5 Å². The van der Waals surface area contributed by atoms with Gasteiger partial charge in [0.1, 0.15) is 12.2 Å². The minimum Gasteiger partial charge on any atom is -0.391 e. The standard InChI is InChI=1S/C42H63NO8S/c1-26(2)13-9-15-28(5)17-11-19-30(7)35-34(44)23-32(38(45)41(35)48)24-43-21-22-52(50,51)25-33-37(43)40(47)36(42(49)39(33)46)31(8)20-12-18-29(6)16-10-14-27(3)4/h9-12,15-20,23,26-29,33-37,40-42,44,47-49H,13-14,21-22,24-25H2,1-8H3/b15-9+,16-10+,17-11+,18-12+,30-19+,31-20+/t28-,29-,33+,34+,35+,36+,37+,40-,41-,42-/m1/s1. The Labute approximate surface area is 312 Å². The molecule has 52 heavy (non-hydrogen) atoms. The van der Waals surface area contributed by atoms with Gasteiger partial charge in [-0.2, -0.15) is 0 Å². The molecule has 1 heterocycles. The van der Waals surface area contributed by atoms with E-state index in [0.717, 1.165) is 12.8 Å². The van der Waals surface area contributed by atoms with Crippen LogP contribution in [0.2, 0.25) is 0 Å². The van der Waals surface area contributed by atoms with E-state index in [0.29, 0.717) is 23.0 Å². The molecule has 0 spiro atoms. The highest BCUT2D eigenvalue weighted by Gasteiger charge is 2.54. The van der Waals surface area contributed by atoms with E-state index in [1.165, 1.54) is 6.08 Å². The smallest absolute Gasteiger partial charge is 0.189 e. The zero-order valence-electron chi connectivity index (χ0n) is 32.3. The molecule has 3 aliphatic rings. The number of Topliss-reactive ketones (excluding diaryl/α,β-unsaturated/α-hetero) is 2. The highest BCUT2D eigenvalue weighted by atomic mass is 32.2. The number of rotatable bonds is 14. The molecule has 0 aromatic carbocycles. The second-order valence-corrected chi connectivity index (χ2v) is 18.2. The van der Waals surface area contributed by atoms with Gasteiger partial charge in [-0.15, -0.1) is 0 Å². The van der Waals surface area contributed by atoms with E-state index in [9.17, 15) is 38.4 Å². The van der Waals surface area contributed by atoms with Gasteiger partial charge in [-0.3, -0.25) is 14.5 Å². The Morgan fingerprint density at radius 3 is 1.85 bits per heavy atom. The number of nitrogens with zero attached hydrogens (tertiary/aromatic N) is 1. The summed E-state index contributed by atoms with van der Waals surface area (Å²) in [6.45, 7) is 15.9. The Morgan fingerprint density at radius 1 is 0.808 bits per heavy atom. The fourth-order valence-corrected chi connectivity index (χ4v) is 8.95. The largest absolute Gasteiger partial charge is 0.391 e. The van der Waals surface area contributed by atoms with Crippen LogP contribution in [0.1, 0.15) is 68.2 Å². The van der Waals surface area contributed by atoms with E-state index >= 15 is 0 Å². The summed E-state index contributed by atoms with van der Waals surface area (Å²) < 4.78 is 26.0. The predicted octanol–water partition coefficient (Wildman–Crippen LogP) is 4.95. The molecule has 10 heteroatoms. The van der Waals surface area contributed by atoms with Crippen LogP contribution in [0.3, 0.4) is 0 Å². The highest BCUT2D eigenvalue weighted by Crippen LogP contribution is 2.38. The minimum absolute atomic E-state index is 0.0761. The number of carbonyl (C=O) groups is 2.